The largest absolute Gasteiger partial charge is 0.387 e. The van der Waals surface area contributed by atoms with E-state index in [4.69, 9.17) is 0 Å². The standard InChI is InChI=1S/C16H22N2O2/c1-10-7-11-8-13-12(3-4-14(19)18-13)15(9-10)16(11,20)5-2-6-17-15/h7,11,17,20H,2-6,8-9H2,1H3,(H,18,19)/t11?,15-,16+/m1/s1. The van der Waals surface area contributed by atoms with Gasteiger partial charge in [-0.15, -0.1) is 0 Å². The Labute approximate surface area is 119 Å². The quantitative estimate of drug-likeness (QED) is 0.585. The number of nitrogens with one attached hydrogen (secondary N) is 2. The molecule has 1 unspecified atom stereocenters. The summed E-state index contributed by atoms with van der Waals surface area (Å²) in [6.45, 7) is 3.12. The zero-order valence-electron chi connectivity index (χ0n) is 12.0. The van der Waals surface area contributed by atoms with Crippen molar-refractivity contribution in [1.29, 1.82) is 0 Å². The van der Waals surface area contributed by atoms with Gasteiger partial charge in [0, 0.05) is 18.0 Å². The Morgan fingerprint density at radius 1 is 1.40 bits per heavy atom. The van der Waals surface area contributed by atoms with Crippen LogP contribution in [0, 0.1) is 5.92 Å². The van der Waals surface area contributed by atoms with Gasteiger partial charge in [0.25, 0.3) is 0 Å². The second-order valence-corrected chi connectivity index (χ2v) is 6.87. The van der Waals surface area contributed by atoms with Crippen molar-refractivity contribution < 1.29 is 9.90 Å². The molecule has 1 fully saturated rings. The summed E-state index contributed by atoms with van der Waals surface area (Å²) in [5.74, 6) is 0.251. The van der Waals surface area contributed by atoms with E-state index in [-0.39, 0.29) is 17.4 Å². The molecule has 0 aromatic rings. The van der Waals surface area contributed by atoms with E-state index in [2.05, 4.69) is 23.6 Å². The Morgan fingerprint density at radius 2 is 2.25 bits per heavy atom. The average molecular weight is 274 g/mol. The molecule has 2 bridgehead atoms. The van der Waals surface area contributed by atoms with Gasteiger partial charge >= 0.3 is 0 Å². The van der Waals surface area contributed by atoms with Crippen LogP contribution >= 0.6 is 0 Å². The first kappa shape index (κ1) is 12.6. The molecule has 3 atom stereocenters. The first-order valence-electron chi connectivity index (χ1n) is 7.72. The molecule has 3 N–H and O–H groups in total. The van der Waals surface area contributed by atoms with Crippen LogP contribution in [-0.2, 0) is 4.79 Å². The Balaban J connectivity index is 1.90. The highest BCUT2D eigenvalue weighted by atomic mass is 16.3. The zero-order chi connectivity index (χ0) is 14.0. The Hall–Kier alpha value is -1.13. The molecule has 20 heavy (non-hydrogen) atoms. The van der Waals surface area contributed by atoms with Crippen LogP contribution in [0.15, 0.2) is 22.9 Å². The number of amides is 1. The Kier molecular flexibility index (Phi) is 2.49. The van der Waals surface area contributed by atoms with Crippen molar-refractivity contribution in [3.63, 3.8) is 0 Å². The topological polar surface area (TPSA) is 61.4 Å². The van der Waals surface area contributed by atoms with Crippen LogP contribution < -0.4 is 10.6 Å². The first-order chi connectivity index (χ1) is 9.55. The van der Waals surface area contributed by atoms with Crippen LogP contribution in [0.2, 0.25) is 0 Å². The lowest BCUT2D eigenvalue weighted by molar-refractivity contribution is -0.125. The maximum atomic E-state index is 11.7. The molecule has 4 rings (SSSR count). The van der Waals surface area contributed by atoms with Gasteiger partial charge in [0.1, 0.15) is 0 Å². The van der Waals surface area contributed by atoms with E-state index in [0.29, 0.717) is 6.42 Å². The van der Waals surface area contributed by atoms with Gasteiger partial charge in [-0.3, -0.25) is 4.79 Å². The fraction of sp³-hybridized carbons (Fsp3) is 0.688. The lowest BCUT2D eigenvalue weighted by Crippen LogP contribution is -2.73. The zero-order valence-corrected chi connectivity index (χ0v) is 12.0. The highest BCUT2D eigenvalue weighted by Crippen LogP contribution is 2.55. The van der Waals surface area contributed by atoms with Crippen LogP contribution in [0.4, 0.5) is 0 Å². The highest BCUT2D eigenvalue weighted by molar-refractivity contribution is 5.80. The fourth-order valence-electron chi connectivity index (χ4n) is 4.97. The van der Waals surface area contributed by atoms with Gasteiger partial charge in [-0.05, 0) is 51.1 Å². The maximum Gasteiger partial charge on any atom is 0.224 e. The minimum atomic E-state index is -0.675. The summed E-state index contributed by atoms with van der Waals surface area (Å²) in [5.41, 5.74) is 2.69. The third kappa shape index (κ3) is 1.41. The predicted octanol–water partition coefficient (Wildman–Crippen LogP) is 1.37. The minimum absolute atomic E-state index is 0.125. The van der Waals surface area contributed by atoms with Crippen LogP contribution in [0.5, 0.6) is 0 Å². The molecule has 0 spiro atoms. The van der Waals surface area contributed by atoms with Gasteiger partial charge in [0.2, 0.25) is 5.91 Å². The van der Waals surface area contributed by atoms with Crippen LogP contribution in [-0.4, -0.2) is 28.7 Å². The SMILES string of the molecule is CC1=CC2CC3=C(CCC(=O)N3)[C@@]3(C1)NCCC[C@]23O. The number of aliphatic hydroxyl groups is 1. The molecule has 2 aliphatic carbocycles. The van der Waals surface area contributed by atoms with E-state index in [9.17, 15) is 9.90 Å². The van der Waals surface area contributed by atoms with Crippen molar-refractivity contribution in [3.05, 3.63) is 22.9 Å². The van der Waals surface area contributed by atoms with Crippen molar-refractivity contribution in [2.24, 2.45) is 5.92 Å². The number of piperidine rings is 1. The minimum Gasteiger partial charge on any atom is -0.387 e. The number of carbonyl (C=O) groups is 1. The van der Waals surface area contributed by atoms with Gasteiger partial charge in [-0.2, -0.15) is 0 Å². The van der Waals surface area contributed by atoms with Crippen molar-refractivity contribution in [2.45, 2.75) is 56.6 Å². The number of rotatable bonds is 0. The second kappa shape index (κ2) is 3.95. The molecule has 0 saturated carbocycles. The Morgan fingerprint density at radius 3 is 3.10 bits per heavy atom. The molecular weight excluding hydrogens is 252 g/mol. The monoisotopic (exact) mass is 274 g/mol. The Bertz CT molecular complexity index is 551. The van der Waals surface area contributed by atoms with Crippen LogP contribution in [0.25, 0.3) is 0 Å². The van der Waals surface area contributed by atoms with Crippen molar-refractivity contribution in [3.8, 4) is 0 Å². The molecule has 4 nitrogen and oxygen atoms in total. The number of allylic oxidation sites excluding steroid dienone is 1. The molecule has 4 heteroatoms. The molecule has 1 saturated heterocycles. The molecular formula is C16H22N2O2. The van der Waals surface area contributed by atoms with E-state index in [0.717, 1.165) is 44.3 Å². The van der Waals surface area contributed by atoms with Gasteiger partial charge < -0.3 is 15.7 Å². The van der Waals surface area contributed by atoms with Crippen LogP contribution in [0.3, 0.4) is 0 Å². The van der Waals surface area contributed by atoms with E-state index < -0.39 is 5.60 Å². The highest BCUT2D eigenvalue weighted by Gasteiger charge is 2.62. The van der Waals surface area contributed by atoms with Crippen molar-refractivity contribution >= 4 is 5.91 Å². The summed E-state index contributed by atoms with van der Waals surface area (Å²) >= 11 is 0. The molecule has 4 aliphatic rings. The summed E-state index contributed by atoms with van der Waals surface area (Å²) in [5, 5.41) is 18.1. The normalized spacial score (nSPS) is 43.4. The van der Waals surface area contributed by atoms with Crippen molar-refractivity contribution in [2.75, 3.05) is 6.54 Å². The van der Waals surface area contributed by atoms with E-state index in [1.54, 1.807) is 0 Å². The molecule has 2 aliphatic heterocycles. The molecule has 0 aromatic carbocycles. The summed E-state index contributed by atoms with van der Waals surface area (Å²) < 4.78 is 0. The van der Waals surface area contributed by atoms with E-state index in [1.165, 1.54) is 11.1 Å². The second-order valence-electron chi connectivity index (χ2n) is 6.87. The first-order valence-corrected chi connectivity index (χ1v) is 7.72. The lowest BCUT2D eigenvalue weighted by Gasteiger charge is -2.61. The molecule has 0 radical (unpaired) electrons. The van der Waals surface area contributed by atoms with Crippen LogP contribution in [0.1, 0.15) is 45.4 Å². The molecule has 108 valence electrons. The predicted molar refractivity (Wildman–Crippen MR) is 75.8 cm³/mol. The molecule has 2 heterocycles. The molecule has 0 aromatic heterocycles. The van der Waals surface area contributed by atoms with Gasteiger partial charge in [0.15, 0.2) is 0 Å². The maximum absolute atomic E-state index is 11.7. The number of hydrogen-bond donors (Lipinski definition) is 3. The number of hydrogen-bond acceptors (Lipinski definition) is 3. The summed E-state index contributed by atoms with van der Waals surface area (Å²) in [7, 11) is 0. The third-order valence-electron chi connectivity index (χ3n) is 5.74. The third-order valence-corrected chi connectivity index (χ3v) is 5.74. The van der Waals surface area contributed by atoms with E-state index >= 15 is 0 Å². The van der Waals surface area contributed by atoms with Gasteiger partial charge in [0.05, 0.1) is 11.1 Å². The average Bonchev–Trinajstić information content (AvgIpc) is 2.39. The van der Waals surface area contributed by atoms with Crippen molar-refractivity contribution in [1.82, 2.24) is 10.6 Å². The molecule has 1 amide bonds. The van der Waals surface area contributed by atoms with Gasteiger partial charge in [-0.1, -0.05) is 11.6 Å². The summed E-state index contributed by atoms with van der Waals surface area (Å²) in [6.07, 6.45) is 7.10. The summed E-state index contributed by atoms with van der Waals surface area (Å²) in [6, 6.07) is 0. The smallest absolute Gasteiger partial charge is 0.224 e. The summed E-state index contributed by atoms with van der Waals surface area (Å²) in [4.78, 5) is 11.7. The lowest BCUT2D eigenvalue weighted by atomic mass is 9.53. The van der Waals surface area contributed by atoms with E-state index in [1.807, 2.05) is 0 Å². The fourth-order valence-corrected chi connectivity index (χ4v) is 4.97. The number of carbonyl (C=O) groups excluding carboxylic acids is 1. The van der Waals surface area contributed by atoms with Gasteiger partial charge in [-0.25, -0.2) is 0 Å².